The summed E-state index contributed by atoms with van der Waals surface area (Å²) in [5.41, 5.74) is -0.571. The Bertz CT molecular complexity index is 1050. The summed E-state index contributed by atoms with van der Waals surface area (Å²) in [6.07, 6.45) is 1.78. The highest BCUT2D eigenvalue weighted by molar-refractivity contribution is 6.07. The van der Waals surface area contributed by atoms with Crippen molar-refractivity contribution in [3.05, 3.63) is 69.8 Å². The fourth-order valence-electron chi connectivity index (χ4n) is 2.67. The van der Waals surface area contributed by atoms with Crippen molar-refractivity contribution in [1.29, 1.82) is 0 Å². The molecule has 1 N–H and O–H groups in total. The Morgan fingerprint density at radius 3 is 2.57 bits per heavy atom. The average molecular weight is 410 g/mol. The van der Waals surface area contributed by atoms with Crippen molar-refractivity contribution >= 4 is 29.8 Å². The number of hydrogen-bond donors (Lipinski definition) is 1. The third-order valence-corrected chi connectivity index (χ3v) is 4.65. The third kappa shape index (κ3) is 4.17. The molecule has 2 aromatic carbocycles. The molecule has 1 heterocycles. The van der Waals surface area contributed by atoms with Crippen LogP contribution in [-0.4, -0.2) is 39.6 Å². The van der Waals surface area contributed by atoms with Crippen LogP contribution < -0.4 is 10.1 Å². The molecule has 3 amide bonds. The number of amides is 3. The minimum absolute atomic E-state index is 0.0485. The van der Waals surface area contributed by atoms with Gasteiger partial charge in [0.15, 0.2) is 0 Å². The van der Waals surface area contributed by atoms with Crippen molar-refractivity contribution in [2.24, 2.45) is 5.10 Å². The number of imide groups is 1. The predicted molar refractivity (Wildman–Crippen MR) is 106 cm³/mol. The van der Waals surface area contributed by atoms with E-state index in [1.807, 2.05) is 0 Å². The smallest absolute Gasteiger partial charge is 0.346 e. The van der Waals surface area contributed by atoms with Gasteiger partial charge in [-0.05, 0) is 49.2 Å². The number of nitrogens with one attached hydrogen (secondary N) is 1. The molecule has 1 atom stereocenters. The Morgan fingerprint density at radius 2 is 1.97 bits per heavy atom. The molecule has 1 unspecified atom stereocenters. The van der Waals surface area contributed by atoms with E-state index in [1.54, 1.807) is 26.0 Å². The lowest BCUT2D eigenvalue weighted by Crippen LogP contribution is -2.42. The number of benzene rings is 2. The van der Waals surface area contributed by atoms with Gasteiger partial charge in [0, 0.05) is 12.1 Å². The maximum absolute atomic E-state index is 12.3. The number of carbonyl (C=O) groups excluding carboxylic acids is 3. The maximum Gasteiger partial charge on any atom is 0.346 e. The molecule has 1 fully saturated rings. The number of ether oxygens (including phenoxy) is 1. The summed E-state index contributed by atoms with van der Waals surface area (Å²) in [6.45, 7) is 3.42. The summed E-state index contributed by atoms with van der Waals surface area (Å²) in [4.78, 5) is 46.6. The molecule has 1 saturated heterocycles. The molecular formula is C20H18N4O6. The van der Waals surface area contributed by atoms with E-state index in [4.69, 9.17) is 4.74 Å². The lowest BCUT2D eigenvalue weighted by molar-refractivity contribution is -0.384. The van der Waals surface area contributed by atoms with Gasteiger partial charge in [-0.2, -0.15) is 5.10 Å². The summed E-state index contributed by atoms with van der Waals surface area (Å²) in [5.74, 6) is -0.954. The molecule has 10 nitrogen and oxygen atoms in total. The zero-order chi connectivity index (χ0) is 21.9. The first-order valence-electron chi connectivity index (χ1n) is 9.01. The number of esters is 1. The number of carbonyl (C=O) groups is 3. The van der Waals surface area contributed by atoms with Crippen LogP contribution in [0.4, 0.5) is 10.5 Å². The van der Waals surface area contributed by atoms with Crippen LogP contribution in [0.2, 0.25) is 0 Å². The van der Waals surface area contributed by atoms with Crippen molar-refractivity contribution in [1.82, 2.24) is 10.3 Å². The number of hydrazone groups is 1. The molecule has 0 aliphatic carbocycles. The highest BCUT2D eigenvalue weighted by atomic mass is 16.6. The first kappa shape index (κ1) is 20.6. The monoisotopic (exact) mass is 410 g/mol. The van der Waals surface area contributed by atoms with Gasteiger partial charge in [-0.3, -0.25) is 14.9 Å². The minimum atomic E-state index is -0.973. The van der Waals surface area contributed by atoms with Crippen LogP contribution in [-0.2, 0) is 4.79 Å². The number of nitro groups is 1. The largest absolute Gasteiger partial charge is 0.423 e. The van der Waals surface area contributed by atoms with Crippen molar-refractivity contribution < 1.29 is 24.0 Å². The summed E-state index contributed by atoms with van der Waals surface area (Å²) in [7, 11) is 0. The number of nitro benzene ring substituents is 1. The van der Waals surface area contributed by atoms with Crippen LogP contribution in [0.15, 0.2) is 53.6 Å². The third-order valence-electron chi connectivity index (χ3n) is 4.65. The Balaban J connectivity index is 1.67. The Morgan fingerprint density at radius 1 is 1.27 bits per heavy atom. The molecule has 3 rings (SSSR count). The molecule has 30 heavy (non-hydrogen) atoms. The molecule has 10 heteroatoms. The second-order valence-corrected chi connectivity index (χ2v) is 6.74. The van der Waals surface area contributed by atoms with Crippen molar-refractivity contribution in [2.45, 2.75) is 25.8 Å². The van der Waals surface area contributed by atoms with Crippen LogP contribution in [0.3, 0.4) is 0 Å². The van der Waals surface area contributed by atoms with Crippen LogP contribution in [0.25, 0.3) is 0 Å². The van der Waals surface area contributed by atoms with Gasteiger partial charge < -0.3 is 10.1 Å². The topological polar surface area (TPSA) is 131 Å². The Kier molecular flexibility index (Phi) is 5.58. The summed E-state index contributed by atoms with van der Waals surface area (Å²) in [6, 6.07) is 10.8. The Hall–Kier alpha value is -4.08. The quantitative estimate of drug-likeness (QED) is 0.195. The van der Waals surface area contributed by atoms with Crippen molar-refractivity contribution in [3.8, 4) is 5.75 Å². The van der Waals surface area contributed by atoms with Gasteiger partial charge in [0.2, 0.25) is 0 Å². The second kappa shape index (κ2) is 8.11. The first-order valence-corrected chi connectivity index (χ1v) is 9.01. The second-order valence-electron chi connectivity index (χ2n) is 6.74. The molecule has 0 saturated carbocycles. The Labute approximate surface area is 171 Å². The van der Waals surface area contributed by atoms with Crippen LogP contribution in [0.5, 0.6) is 5.75 Å². The molecule has 2 aromatic rings. The summed E-state index contributed by atoms with van der Waals surface area (Å²) >= 11 is 0. The lowest BCUT2D eigenvalue weighted by atomic mass is 10.00. The minimum Gasteiger partial charge on any atom is -0.423 e. The molecular weight excluding hydrogens is 392 g/mol. The highest BCUT2D eigenvalue weighted by Gasteiger charge is 2.46. The predicted octanol–water partition coefficient (Wildman–Crippen LogP) is 2.87. The van der Waals surface area contributed by atoms with Gasteiger partial charge in [-0.1, -0.05) is 13.0 Å². The molecule has 0 bridgehead atoms. The molecule has 0 aromatic heterocycles. The number of urea groups is 1. The fourth-order valence-corrected chi connectivity index (χ4v) is 2.67. The van der Waals surface area contributed by atoms with Crippen LogP contribution >= 0.6 is 0 Å². The zero-order valence-electron chi connectivity index (χ0n) is 16.2. The van der Waals surface area contributed by atoms with E-state index in [-0.39, 0.29) is 17.0 Å². The van der Waals surface area contributed by atoms with Crippen LogP contribution in [0.1, 0.15) is 36.2 Å². The maximum atomic E-state index is 12.3. The fraction of sp³-hybridized carbons (Fsp3) is 0.200. The van der Waals surface area contributed by atoms with Gasteiger partial charge in [0.25, 0.3) is 11.6 Å². The van der Waals surface area contributed by atoms with E-state index in [0.29, 0.717) is 12.0 Å². The van der Waals surface area contributed by atoms with E-state index < -0.39 is 28.4 Å². The number of hydrogen-bond acceptors (Lipinski definition) is 7. The van der Waals surface area contributed by atoms with Crippen LogP contribution in [0, 0.1) is 10.1 Å². The number of nitrogens with zero attached hydrogens (tertiary/aromatic N) is 3. The van der Waals surface area contributed by atoms with E-state index in [9.17, 15) is 24.5 Å². The summed E-state index contributed by atoms with van der Waals surface area (Å²) < 4.78 is 5.21. The average Bonchev–Trinajstić information content (AvgIpc) is 2.96. The molecule has 154 valence electrons. The normalized spacial score (nSPS) is 18.5. The molecule has 1 aliphatic heterocycles. The SMILES string of the molecule is CCC1(C)NC(=O)N(/N=C/c2ccc(OC(=O)c3cccc([N+](=O)[O-])c3)cc2)C1=O. The van der Waals surface area contributed by atoms with Crippen molar-refractivity contribution in [2.75, 3.05) is 0 Å². The standard InChI is InChI=1S/C20H18N4O6/c1-3-20(2)18(26)23(19(27)22-20)21-12-13-7-9-16(10-8-13)30-17(25)14-5-4-6-15(11-14)24(28)29/h4-12H,3H2,1-2H3,(H,22,27)/b21-12+. The highest BCUT2D eigenvalue weighted by Crippen LogP contribution is 2.21. The molecule has 0 radical (unpaired) electrons. The molecule has 1 aliphatic rings. The summed E-state index contributed by atoms with van der Waals surface area (Å²) in [5, 5.41) is 18.1. The van der Waals surface area contributed by atoms with Gasteiger partial charge in [-0.25, -0.2) is 9.59 Å². The van der Waals surface area contributed by atoms with E-state index in [2.05, 4.69) is 10.4 Å². The van der Waals surface area contributed by atoms with E-state index >= 15 is 0 Å². The van der Waals surface area contributed by atoms with Crippen molar-refractivity contribution in [3.63, 3.8) is 0 Å². The van der Waals surface area contributed by atoms with Gasteiger partial charge >= 0.3 is 12.0 Å². The number of rotatable bonds is 6. The first-order chi connectivity index (χ1) is 14.2. The van der Waals surface area contributed by atoms with E-state index in [1.165, 1.54) is 36.5 Å². The van der Waals surface area contributed by atoms with Gasteiger partial charge in [0.1, 0.15) is 11.3 Å². The molecule has 0 spiro atoms. The van der Waals surface area contributed by atoms with Gasteiger partial charge in [-0.15, -0.1) is 5.01 Å². The lowest BCUT2D eigenvalue weighted by Gasteiger charge is -2.17. The van der Waals surface area contributed by atoms with Gasteiger partial charge in [0.05, 0.1) is 16.7 Å². The number of non-ortho nitro benzene ring substituents is 1. The zero-order valence-corrected chi connectivity index (χ0v) is 16.2. The van der Waals surface area contributed by atoms with E-state index in [0.717, 1.165) is 11.1 Å².